The maximum atomic E-state index is 6.13. The summed E-state index contributed by atoms with van der Waals surface area (Å²) in [5.41, 5.74) is 3.78. The molecule has 0 radical (unpaired) electrons. The first-order valence-electron chi connectivity index (χ1n) is 5.55. The standard InChI is InChI=1S/C12H18Cl2N2S/c1-8(2)17-7-9(16-15)6-10-11(13)4-3-5-12(10)14/h3-5,8-9,16H,6-7,15H2,1-2H3. The van der Waals surface area contributed by atoms with E-state index in [2.05, 4.69) is 19.3 Å². The second-order valence-corrected chi connectivity index (χ2v) is 6.57. The van der Waals surface area contributed by atoms with E-state index in [0.717, 1.165) is 17.7 Å². The van der Waals surface area contributed by atoms with Gasteiger partial charge in [-0.05, 0) is 29.4 Å². The lowest BCUT2D eigenvalue weighted by Gasteiger charge is -2.18. The molecule has 5 heteroatoms. The zero-order valence-corrected chi connectivity index (χ0v) is 12.4. The number of rotatable bonds is 6. The minimum Gasteiger partial charge on any atom is -0.271 e. The number of thioether (sulfide) groups is 1. The molecule has 0 spiro atoms. The van der Waals surface area contributed by atoms with Gasteiger partial charge in [0.05, 0.1) is 0 Å². The zero-order valence-electron chi connectivity index (χ0n) is 10.0. The summed E-state index contributed by atoms with van der Waals surface area (Å²) in [4.78, 5) is 0. The number of halogens is 2. The van der Waals surface area contributed by atoms with Gasteiger partial charge in [0.2, 0.25) is 0 Å². The van der Waals surface area contributed by atoms with Crippen LogP contribution >= 0.6 is 35.0 Å². The highest BCUT2D eigenvalue weighted by Crippen LogP contribution is 2.26. The first kappa shape index (κ1) is 15.1. The Kier molecular flexibility index (Phi) is 6.67. The molecule has 1 rings (SSSR count). The van der Waals surface area contributed by atoms with Gasteiger partial charge in [-0.15, -0.1) is 0 Å². The SMILES string of the molecule is CC(C)SCC(Cc1c(Cl)cccc1Cl)NN. The molecule has 1 aromatic carbocycles. The van der Waals surface area contributed by atoms with Crippen molar-refractivity contribution in [1.82, 2.24) is 5.43 Å². The lowest BCUT2D eigenvalue weighted by Crippen LogP contribution is -2.39. The summed E-state index contributed by atoms with van der Waals surface area (Å²) in [6.45, 7) is 4.33. The molecule has 0 aliphatic carbocycles. The maximum absolute atomic E-state index is 6.13. The minimum atomic E-state index is 0.180. The predicted octanol–water partition coefficient (Wildman–Crippen LogP) is 3.51. The third kappa shape index (κ3) is 5.06. The summed E-state index contributed by atoms with van der Waals surface area (Å²) in [5, 5.41) is 1.99. The van der Waals surface area contributed by atoms with Crippen LogP contribution in [0.5, 0.6) is 0 Å². The fraction of sp³-hybridized carbons (Fsp3) is 0.500. The molecule has 1 atom stereocenters. The Labute approximate surface area is 117 Å². The quantitative estimate of drug-likeness (QED) is 0.622. The van der Waals surface area contributed by atoms with Gasteiger partial charge in [0, 0.05) is 21.8 Å². The van der Waals surface area contributed by atoms with Crippen molar-refractivity contribution in [2.45, 2.75) is 31.6 Å². The van der Waals surface area contributed by atoms with E-state index >= 15 is 0 Å². The third-order valence-electron chi connectivity index (χ3n) is 2.38. The Hall–Kier alpha value is 0.0700. The average Bonchev–Trinajstić information content (AvgIpc) is 2.27. The Bertz CT molecular complexity index is 338. The van der Waals surface area contributed by atoms with Gasteiger partial charge in [-0.1, -0.05) is 43.1 Å². The zero-order chi connectivity index (χ0) is 12.8. The molecule has 2 nitrogen and oxygen atoms in total. The lowest BCUT2D eigenvalue weighted by atomic mass is 10.1. The van der Waals surface area contributed by atoms with Crippen molar-refractivity contribution >= 4 is 35.0 Å². The Morgan fingerprint density at radius 2 is 1.88 bits per heavy atom. The molecule has 0 aliphatic rings. The molecule has 1 aromatic rings. The highest BCUT2D eigenvalue weighted by atomic mass is 35.5. The fourth-order valence-electron chi connectivity index (χ4n) is 1.45. The van der Waals surface area contributed by atoms with Gasteiger partial charge >= 0.3 is 0 Å². The van der Waals surface area contributed by atoms with Crippen LogP contribution in [0, 0.1) is 0 Å². The smallest absolute Gasteiger partial charge is 0.0453 e. The second-order valence-electron chi connectivity index (χ2n) is 4.15. The van der Waals surface area contributed by atoms with Crippen molar-refractivity contribution in [2.75, 3.05) is 5.75 Å². The van der Waals surface area contributed by atoms with Crippen molar-refractivity contribution in [3.63, 3.8) is 0 Å². The van der Waals surface area contributed by atoms with Crippen LogP contribution in [0.1, 0.15) is 19.4 Å². The van der Waals surface area contributed by atoms with E-state index in [0.29, 0.717) is 15.3 Å². The predicted molar refractivity (Wildman–Crippen MR) is 78.9 cm³/mol. The third-order valence-corrected chi connectivity index (χ3v) is 4.35. The average molecular weight is 293 g/mol. The highest BCUT2D eigenvalue weighted by Gasteiger charge is 2.13. The normalized spacial score (nSPS) is 13.1. The van der Waals surface area contributed by atoms with Crippen LogP contribution in [0.3, 0.4) is 0 Å². The van der Waals surface area contributed by atoms with Gasteiger partial charge in [-0.25, -0.2) is 0 Å². The highest BCUT2D eigenvalue weighted by molar-refractivity contribution is 7.99. The van der Waals surface area contributed by atoms with Crippen molar-refractivity contribution in [2.24, 2.45) is 5.84 Å². The van der Waals surface area contributed by atoms with Crippen LogP contribution in [0.15, 0.2) is 18.2 Å². The summed E-state index contributed by atoms with van der Waals surface area (Å²) in [6, 6.07) is 5.74. The van der Waals surface area contributed by atoms with E-state index < -0.39 is 0 Å². The number of hydrogen-bond donors (Lipinski definition) is 2. The molecule has 0 fully saturated rings. The Morgan fingerprint density at radius 3 is 2.35 bits per heavy atom. The van der Waals surface area contributed by atoms with Crippen LogP contribution in [0.4, 0.5) is 0 Å². The van der Waals surface area contributed by atoms with E-state index in [-0.39, 0.29) is 6.04 Å². The molecule has 0 heterocycles. The molecule has 1 unspecified atom stereocenters. The van der Waals surface area contributed by atoms with Gasteiger partial charge in [0.25, 0.3) is 0 Å². The molecule has 96 valence electrons. The van der Waals surface area contributed by atoms with Crippen LogP contribution in [-0.4, -0.2) is 17.0 Å². The molecule has 17 heavy (non-hydrogen) atoms. The first-order chi connectivity index (χ1) is 8.04. The first-order valence-corrected chi connectivity index (χ1v) is 7.35. The molecular weight excluding hydrogens is 275 g/mol. The molecule has 0 amide bonds. The molecular formula is C12H18Cl2N2S. The van der Waals surface area contributed by atoms with Crippen molar-refractivity contribution in [3.05, 3.63) is 33.8 Å². The van der Waals surface area contributed by atoms with E-state index in [1.807, 2.05) is 30.0 Å². The van der Waals surface area contributed by atoms with Crippen molar-refractivity contribution in [1.29, 1.82) is 0 Å². The maximum Gasteiger partial charge on any atom is 0.0453 e. The Balaban J connectivity index is 2.67. The summed E-state index contributed by atoms with van der Waals surface area (Å²) < 4.78 is 0. The summed E-state index contributed by atoms with van der Waals surface area (Å²) in [5.74, 6) is 6.50. The second kappa shape index (κ2) is 7.49. The topological polar surface area (TPSA) is 38.0 Å². The van der Waals surface area contributed by atoms with Gasteiger partial charge in [-0.3, -0.25) is 11.3 Å². The van der Waals surface area contributed by atoms with Crippen molar-refractivity contribution < 1.29 is 0 Å². The van der Waals surface area contributed by atoms with Gasteiger partial charge in [-0.2, -0.15) is 11.8 Å². The Morgan fingerprint density at radius 1 is 1.29 bits per heavy atom. The van der Waals surface area contributed by atoms with Gasteiger partial charge < -0.3 is 0 Å². The fourth-order valence-corrected chi connectivity index (χ4v) is 2.83. The lowest BCUT2D eigenvalue weighted by molar-refractivity contribution is 0.575. The molecule has 0 aliphatic heterocycles. The molecule has 0 aromatic heterocycles. The van der Waals surface area contributed by atoms with E-state index in [9.17, 15) is 0 Å². The molecule has 0 saturated carbocycles. The number of nitrogens with two attached hydrogens (primary N) is 1. The van der Waals surface area contributed by atoms with Crippen LogP contribution < -0.4 is 11.3 Å². The number of nitrogens with one attached hydrogen (secondary N) is 1. The van der Waals surface area contributed by atoms with Crippen LogP contribution in [0.25, 0.3) is 0 Å². The summed E-state index contributed by atoms with van der Waals surface area (Å²) in [7, 11) is 0. The van der Waals surface area contributed by atoms with Crippen LogP contribution in [-0.2, 0) is 6.42 Å². The molecule has 3 N–H and O–H groups in total. The number of hydrazine groups is 1. The minimum absolute atomic E-state index is 0.180. The number of benzene rings is 1. The largest absolute Gasteiger partial charge is 0.271 e. The molecule has 0 saturated heterocycles. The molecule has 0 bridgehead atoms. The monoisotopic (exact) mass is 292 g/mol. The number of hydrogen-bond acceptors (Lipinski definition) is 3. The van der Waals surface area contributed by atoms with E-state index in [1.54, 1.807) is 0 Å². The summed E-state index contributed by atoms with van der Waals surface area (Å²) >= 11 is 14.1. The summed E-state index contributed by atoms with van der Waals surface area (Å²) in [6.07, 6.45) is 0.745. The van der Waals surface area contributed by atoms with Gasteiger partial charge in [0.1, 0.15) is 0 Å². The van der Waals surface area contributed by atoms with Crippen LogP contribution in [0.2, 0.25) is 10.0 Å². The van der Waals surface area contributed by atoms with Gasteiger partial charge in [0.15, 0.2) is 0 Å². The van der Waals surface area contributed by atoms with Crippen molar-refractivity contribution in [3.8, 4) is 0 Å². The van der Waals surface area contributed by atoms with E-state index in [4.69, 9.17) is 29.0 Å². The van der Waals surface area contributed by atoms with E-state index in [1.165, 1.54) is 0 Å².